The minimum atomic E-state index is -1.01. The van der Waals surface area contributed by atoms with Gasteiger partial charge in [0.05, 0.1) is 13.2 Å². The summed E-state index contributed by atoms with van der Waals surface area (Å²) in [6.07, 6.45) is 0.753. The molecule has 1 aliphatic heterocycles. The lowest BCUT2D eigenvalue weighted by atomic mass is 10.1. The van der Waals surface area contributed by atoms with Crippen LogP contribution in [0.1, 0.15) is 17.9 Å². The molecule has 0 bridgehead atoms. The second-order valence-corrected chi connectivity index (χ2v) is 5.90. The van der Waals surface area contributed by atoms with Crippen molar-refractivity contribution < 1.29 is 19.4 Å². The fraction of sp³-hybridized carbons (Fsp3) is 0.467. The lowest BCUT2D eigenvalue weighted by Crippen LogP contribution is -2.53. The van der Waals surface area contributed by atoms with Gasteiger partial charge in [0.15, 0.2) is 6.04 Å². The summed E-state index contributed by atoms with van der Waals surface area (Å²) in [5, 5.41) is 9.84. The van der Waals surface area contributed by atoms with Gasteiger partial charge in [-0.1, -0.05) is 23.7 Å². The Morgan fingerprint density at radius 1 is 1.38 bits per heavy atom. The fourth-order valence-electron chi connectivity index (χ4n) is 2.86. The van der Waals surface area contributed by atoms with Gasteiger partial charge in [0.25, 0.3) is 0 Å². The van der Waals surface area contributed by atoms with Crippen LogP contribution in [0, 0.1) is 5.92 Å². The number of carbonyl (C=O) groups is 2. The van der Waals surface area contributed by atoms with Gasteiger partial charge in [-0.25, -0.2) is 4.79 Å². The molecule has 3 atom stereocenters. The topological polar surface area (TPSA) is 66.8 Å². The van der Waals surface area contributed by atoms with Crippen LogP contribution in [0.15, 0.2) is 24.3 Å². The van der Waals surface area contributed by atoms with E-state index in [0.29, 0.717) is 18.2 Å². The zero-order chi connectivity index (χ0) is 15.0. The summed E-state index contributed by atoms with van der Waals surface area (Å²) in [7, 11) is 0. The van der Waals surface area contributed by atoms with Crippen molar-refractivity contribution >= 4 is 23.5 Å². The zero-order valence-electron chi connectivity index (χ0n) is 11.4. The van der Waals surface area contributed by atoms with Crippen LogP contribution in [0.3, 0.4) is 0 Å². The maximum atomic E-state index is 12.5. The van der Waals surface area contributed by atoms with Crippen LogP contribution in [-0.4, -0.2) is 47.7 Å². The lowest BCUT2D eigenvalue weighted by molar-refractivity contribution is -0.158. The minimum absolute atomic E-state index is 0.0651. The molecule has 112 valence electrons. The summed E-state index contributed by atoms with van der Waals surface area (Å²) in [5.74, 6) is -1.09. The summed E-state index contributed by atoms with van der Waals surface area (Å²) in [4.78, 5) is 25.2. The molecule has 1 heterocycles. The van der Waals surface area contributed by atoms with Crippen molar-refractivity contribution in [2.45, 2.75) is 18.4 Å². The molecule has 1 amide bonds. The molecule has 1 aliphatic carbocycles. The van der Waals surface area contributed by atoms with E-state index >= 15 is 0 Å². The number of rotatable bonds is 3. The first-order valence-corrected chi connectivity index (χ1v) is 7.32. The molecule has 1 saturated carbocycles. The van der Waals surface area contributed by atoms with E-state index < -0.39 is 12.0 Å². The Morgan fingerprint density at radius 2 is 2.19 bits per heavy atom. The number of aliphatic carboxylic acids is 1. The van der Waals surface area contributed by atoms with E-state index in [1.807, 2.05) is 18.2 Å². The van der Waals surface area contributed by atoms with Gasteiger partial charge >= 0.3 is 5.97 Å². The van der Waals surface area contributed by atoms with Gasteiger partial charge in [0.1, 0.15) is 0 Å². The van der Waals surface area contributed by atoms with Gasteiger partial charge in [-0.15, -0.1) is 0 Å². The van der Waals surface area contributed by atoms with Crippen molar-refractivity contribution in [1.29, 1.82) is 0 Å². The number of benzene rings is 1. The predicted molar refractivity (Wildman–Crippen MR) is 76.3 cm³/mol. The first-order valence-electron chi connectivity index (χ1n) is 6.94. The van der Waals surface area contributed by atoms with Crippen LogP contribution in [0.2, 0.25) is 5.02 Å². The van der Waals surface area contributed by atoms with Crippen molar-refractivity contribution in [2.24, 2.45) is 5.92 Å². The number of morpholine rings is 1. The van der Waals surface area contributed by atoms with Crippen molar-refractivity contribution in [3.8, 4) is 0 Å². The number of hydrogen-bond acceptors (Lipinski definition) is 3. The molecular formula is C15H16ClNO4. The third kappa shape index (κ3) is 2.89. The summed E-state index contributed by atoms with van der Waals surface area (Å²) < 4.78 is 5.16. The molecule has 6 heteroatoms. The van der Waals surface area contributed by atoms with Gasteiger partial charge in [0.2, 0.25) is 5.91 Å². The van der Waals surface area contributed by atoms with Crippen molar-refractivity contribution in [3.63, 3.8) is 0 Å². The van der Waals surface area contributed by atoms with E-state index in [0.717, 1.165) is 12.0 Å². The van der Waals surface area contributed by atoms with E-state index in [2.05, 4.69) is 0 Å². The lowest BCUT2D eigenvalue weighted by Gasteiger charge is -2.33. The predicted octanol–water partition coefficient (Wildman–Crippen LogP) is 1.76. The second kappa shape index (κ2) is 5.66. The van der Waals surface area contributed by atoms with Crippen molar-refractivity contribution in [2.75, 3.05) is 19.8 Å². The quantitative estimate of drug-likeness (QED) is 0.924. The highest BCUT2D eigenvalue weighted by molar-refractivity contribution is 6.30. The summed E-state index contributed by atoms with van der Waals surface area (Å²) >= 11 is 5.97. The van der Waals surface area contributed by atoms with Crippen LogP contribution >= 0.6 is 11.6 Å². The van der Waals surface area contributed by atoms with E-state index in [4.69, 9.17) is 16.3 Å². The van der Waals surface area contributed by atoms with Crippen LogP contribution in [0.5, 0.6) is 0 Å². The first-order chi connectivity index (χ1) is 10.1. The number of hydrogen-bond donors (Lipinski definition) is 1. The number of ether oxygens (including phenoxy) is 1. The fourth-order valence-corrected chi connectivity index (χ4v) is 3.06. The molecule has 0 radical (unpaired) electrons. The highest BCUT2D eigenvalue weighted by Crippen LogP contribution is 2.49. The van der Waals surface area contributed by atoms with Gasteiger partial charge in [-0.2, -0.15) is 0 Å². The monoisotopic (exact) mass is 309 g/mol. The standard InChI is InChI=1S/C15H16ClNO4/c16-10-3-1-2-9(6-10)11-7-12(11)14(18)17-4-5-21-8-13(17)15(19)20/h1-3,6,11-13H,4-5,7-8H2,(H,19,20)/t11-,12-,13+/m1/s1. The summed E-state index contributed by atoms with van der Waals surface area (Å²) in [5.41, 5.74) is 1.04. The molecule has 5 nitrogen and oxygen atoms in total. The molecule has 1 aromatic rings. The zero-order valence-corrected chi connectivity index (χ0v) is 12.1. The van der Waals surface area contributed by atoms with E-state index in [1.54, 1.807) is 6.07 Å². The number of carboxylic acid groups (broad SMARTS) is 1. The Bertz CT molecular complexity index is 577. The average molecular weight is 310 g/mol. The Morgan fingerprint density at radius 3 is 2.90 bits per heavy atom. The average Bonchev–Trinajstić information content (AvgIpc) is 3.27. The van der Waals surface area contributed by atoms with Crippen LogP contribution in [-0.2, 0) is 14.3 Å². The number of carboxylic acids is 1. The summed E-state index contributed by atoms with van der Waals surface area (Å²) in [6.45, 7) is 0.800. The third-order valence-electron chi connectivity index (χ3n) is 4.08. The van der Waals surface area contributed by atoms with Crippen molar-refractivity contribution in [1.82, 2.24) is 4.90 Å². The molecule has 0 aromatic heterocycles. The smallest absolute Gasteiger partial charge is 0.328 e. The molecule has 1 aromatic carbocycles. The Kier molecular flexibility index (Phi) is 3.87. The maximum Gasteiger partial charge on any atom is 0.328 e. The van der Waals surface area contributed by atoms with Crippen LogP contribution < -0.4 is 0 Å². The van der Waals surface area contributed by atoms with E-state index in [1.165, 1.54) is 4.90 Å². The molecule has 2 aliphatic rings. The number of nitrogens with zero attached hydrogens (tertiary/aromatic N) is 1. The highest BCUT2D eigenvalue weighted by Gasteiger charge is 2.48. The number of halogens is 1. The molecule has 2 fully saturated rings. The molecule has 1 N–H and O–H groups in total. The maximum absolute atomic E-state index is 12.5. The molecule has 0 unspecified atom stereocenters. The first kappa shape index (κ1) is 14.4. The van der Waals surface area contributed by atoms with E-state index in [-0.39, 0.29) is 24.3 Å². The molecule has 3 rings (SSSR count). The highest BCUT2D eigenvalue weighted by atomic mass is 35.5. The van der Waals surface area contributed by atoms with Gasteiger partial charge < -0.3 is 14.7 Å². The third-order valence-corrected chi connectivity index (χ3v) is 4.32. The molecular weight excluding hydrogens is 294 g/mol. The Labute approximate surface area is 127 Å². The Balaban J connectivity index is 1.70. The summed E-state index contributed by atoms with van der Waals surface area (Å²) in [6, 6.07) is 6.62. The minimum Gasteiger partial charge on any atom is -0.480 e. The van der Waals surface area contributed by atoms with E-state index in [9.17, 15) is 14.7 Å². The van der Waals surface area contributed by atoms with Crippen molar-refractivity contribution in [3.05, 3.63) is 34.9 Å². The SMILES string of the molecule is O=C(O)[C@@H]1COCCN1C(=O)[C@@H]1C[C@@H]1c1cccc(Cl)c1. The Hall–Kier alpha value is -1.59. The normalized spacial score (nSPS) is 28.2. The van der Waals surface area contributed by atoms with Gasteiger partial charge in [-0.3, -0.25) is 4.79 Å². The van der Waals surface area contributed by atoms with Crippen LogP contribution in [0.4, 0.5) is 0 Å². The molecule has 21 heavy (non-hydrogen) atoms. The van der Waals surface area contributed by atoms with Gasteiger partial charge in [0, 0.05) is 17.5 Å². The van der Waals surface area contributed by atoms with Gasteiger partial charge in [-0.05, 0) is 30.0 Å². The largest absolute Gasteiger partial charge is 0.480 e. The number of carbonyl (C=O) groups excluding carboxylic acids is 1. The second-order valence-electron chi connectivity index (χ2n) is 5.46. The number of amides is 1. The molecule has 0 spiro atoms. The molecule has 1 saturated heterocycles. The van der Waals surface area contributed by atoms with Crippen LogP contribution in [0.25, 0.3) is 0 Å².